The zero-order valence-corrected chi connectivity index (χ0v) is 94.1. The number of unbranched alkanes of at least 4 members (excludes halogenated alkanes) is 55. The van der Waals surface area contributed by atoms with Crippen molar-refractivity contribution in [2.75, 3.05) is 19.8 Å². The molecule has 15 rings (SSSR count). The van der Waals surface area contributed by atoms with Gasteiger partial charge in [0.25, 0.3) is 0 Å². The highest BCUT2D eigenvalue weighted by molar-refractivity contribution is 7.23. The molecule has 4 aliphatic heterocycles. The summed E-state index contributed by atoms with van der Waals surface area (Å²) in [7, 11) is -6.31. The van der Waals surface area contributed by atoms with Crippen LogP contribution in [-0.4, -0.2) is 55.9 Å². The van der Waals surface area contributed by atoms with Crippen LogP contribution in [0.3, 0.4) is 0 Å². The first kappa shape index (κ1) is 111. The minimum absolute atomic E-state index is 0.681. The first-order chi connectivity index (χ1) is 72.8. The van der Waals surface area contributed by atoms with E-state index in [1.54, 1.807) is 0 Å². The van der Waals surface area contributed by atoms with E-state index in [-0.39, 0.29) is 0 Å². The summed E-state index contributed by atoms with van der Waals surface area (Å²) in [5.74, 6) is 2.78. The van der Waals surface area contributed by atoms with E-state index in [0.717, 1.165) is 123 Å². The second-order valence-corrected chi connectivity index (χ2v) is 51.9. The number of hydrogen-bond donors (Lipinski definition) is 2. The third kappa shape index (κ3) is 31.9. The first-order valence-corrected chi connectivity index (χ1v) is 64.7. The van der Waals surface area contributed by atoms with Gasteiger partial charge in [0, 0.05) is 39.3 Å². The number of nitrogens with one attached hydrogen (secondary N) is 2. The minimum atomic E-state index is -3.26. The van der Waals surface area contributed by atoms with Crippen LogP contribution in [0.4, 0.5) is 0 Å². The molecule has 0 radical (unpaired) electrons. The predicted molar refractivity (Wildman–Crippen MR) is 644 cm³/mol. The molecule has 0 fully saturated rings. The van der Waals surface area contributed by atoms with Crippen molar-refractivity contribution in [1.82, 2.24) is 19.9 Å². The van der Waals surface area contributed by atoms with Gasteiger partial charge in [-0.3, -0.25) is 0 Å². The second kappa shape index (κ2) is 62.1. The quantitative estimate of drug-likeness (QED) is 0.0293. The average Bonchev–Trinajstić information content (AvgIpc) is 1.54. The Morgan fingerprint density at radius 2 is 0.537 bits per heavy atom. The molecule has 8 aromatic carbocycles. The summed E-state index contributed by atoms with van der Waals surface area (Å²) in [6, 6.07) is 83.8. The van der Waals surface area contributed by atoms with Crippen LogP contribution in [0.2, 0.25) is 0 Å². The summed E-state index contributed by atoms with van der Waals surface area (Å²) in [6.07, 6.45) is 91.0. The van der Waals surface area contributed by atoms with Crippen molar-refractivity contribution in [3.8, 4) is 61.8 Å². The Hall–Kier alpha value is -9.81. The molecule has 7 heterocycles. The summed E-state index contributed by atoms with van der Waals surface area (Å²) < 4.78 is 21.0. The standard InChI is InChI=1S/C138H186N4O3Si2/c1-6-11-16-21-26-31-35-37-39-40-41-42-43-45-47-52-56-61-71-110-79-89-121(90-80-110)147(124-108-119(144-100-68-59-54-48-33-28-23-18-13-8-3)107-120(109-124)145-101-69-60-55-49-34-29-24-19-14-9-4)134-78-66-64-76-126(134)128-94-82-113(104-136(128)147)138-131-97-85-116(141-131)105-114-83-95-129(139-114)137(130-96-84-115(140-130)106-117-86-98-132(138)142-117)112-81-93-127-125-75-63-65-77-133(125)146(135(127)103-112,123-74-70-73-111(102-123)72-62-57-51-30-25-20-15-10-5)122-91-87-118(88-92-122)143-99-67-58-53-50-46-44-38-36-32-27-22-17-12-7-2/h63-66,70,73-98,102-109,139,142H,6-62,67-69,71-72,99-101H2,1-5H3. The number of aromatic amines is 2. The van der Waals surface area contributed by atoms with Crippen LogP contribution >= 0.6 is 0 Å². The van der Waals surface area contributed by atoms with Crippen molar-refractivity contribution in [3.05, 3.63) is 246 Å². The fraction of sp³-hybridized carbons (Fsp3) is 0.507. The maximum absolute atomic E-state index is 7.15. The number of benzene rings is 8. The highest BCUT2D eigenvalue weighted by Gasteiger charge is 2.51. The fourth-order valence-electron chi connectivity index (χ4n) is 24.5. The van der Waals surface area contributed by atoms with Crippen LogP contribution in [-0.2, 0) is 12.8 Å². The van der Waals surface area contributed by atoms with Crippen LogP contribution in [0.5, 0.6) is 17.2 Å². The Bertz CT molecular complexity index is 5930. The van der Waals surface area contributed by atoms with Crippen molar-refractivity contribution in [1.29, 1.82) is 0 Å². The molecule has 2 unspecified atom stereocenters. The van der Waals surface area contributed by atoms with Crippen molar-refractivity contribution in [2.24, 2.45) is 0 Å². The lowest BCUT2D eigenvalue weighted by atomic mass is 9.99. The van der Waals surface area contributed by atoms with Gasteiger partial charge in [0.05, 0.1) is 42.6 Å². The summed E-state index contributed by atoms with van der Waals surface area (Å²) in [5, 5.41) is 11.1. The zero-order chi connectivity index (χ0) is 101. The molecule has 0 amide bonds. The minimum Gasteiger partial charge on any atom is -0.494 e. The largest absolute Gasteiger partial charge is 0.494 e. The topological polar surface area (TPSA) is 85.1 Å². The molecule has 784 valence electrons. The molecule has 0 saturated heterocycles. The summed E-state index contributed by atoms with van der Waals surface area (Å²) in [4.78, 5) is 19.5. The lowest BCUT2D eigenvalue weighted by molar-refractivity contribution is 0.290. The second-order valence-electron chi connectivity index (χ2n) is 44.4. The Balaban J connectivity index is 0.752. The van der Waals surface area contributed by atoms with Gasteiger partial charge in [-0.1, -0.05) is 533 Å². The number of rotatable bonds is 74. The fourth-order valence-corrected chi connectivity index (χ4v) is 35.0. The van der Waals surface area contributed by atoms with Gasteiger partial charge in [0.1, 0.15) is 17.2 Å². The zero-order valence-electron chi connectivity index (χ0n) is 92.1. The lowest BCUT2D eigenvalue weighted by Gasteiger charge is -2.32. The maximum Gasteiger partial charge on any atom is 0.181 e. The summed E-state index contributed by atoms with van der Waals surface area (Å²) in [6.45, 7) is 13.7. The van der Waals surface area contributed by atoms with E-state index in [1.165, 1.54) is 441 Å². The van der Waals surface area contributed by atoms with Crippen LogP contribution in [0, 0.1) is 0 Å². The number of nitrogens with zero attached hydrogens (tertiary/aromatic N) is 2. The van der Waals surface area contributed by atoms with E-state index in [4.69, 9.17) is 24.2 Å². The molecule has 4 aliphatic rings. The van der Waals surface area contributed by atoms with Crippen LogP contribution in [0.1, 0.15) is 454 Å². The van der Waals surface area contributed by atoms with Gasteiger partial charge in [-0.25, -0.2) is 9.97 Å². The third-order valence-corrected chi connectivity index (χ3v) is 42.5. The summed E-state index contributed by atoms with van der Waals surface area (Å²) >= 11 is 0. The molecule has 0 spiro atoms. The van der Waals surface area contributed by atoms with Crippen molar-refractivity contribution in [3.63, 3.8) is 0 Å². The SMILES string of the molecule is CCCCCCCCCCCCCCCCCCCCc1ccc([Si]2(c3cc(OCCCCCCCCCCCC)cc(OCCCCCCCCCCCC)c3)c3ccccc3-c3ccc(-c4c5nc(cc6ccc([nH]6)c(-c6ccc7c(c6)[Si](c6ccc(OCCCCCCCCCCCCCCCC)cc6)(c6cccc(CCCCCCCCCC)c6)c6ccccc6-7)c6nc(cc7ccc4[nH]7)C=C6)C=C5)cc32)cc1. The molecule has 3 aromatic heterocycles. The smallest absolute Gasteiger partial charge is 0.181 e. The van der Waals surface area contributed by atoms with Gasteiger partial charge in [-0.05, 0) is 216 Å². The molecule has 7 nitrogen and oxygen atoms in total. The molecule has 11 aromatic rings. The molecular formula is C138H186N4O3Si2. The van der Waals surface area contributed by atoms with Gasteiger partial charge in [-0.2, -0.15) is 0 Å². The average molecular weight is 2010 g/mol. The molecule has 0 aliphatic carbocycles. The van der Waals surface area contributed by atoms with Crippen LogP contribution < -0.4 is 55.7 Å². The van der Waals surface area contributed by atoms with Crippen molar-refractivity contribution < 1.29 is 14.2 Å². The highest BCUT2D eigenvalue weighted by Crippen LogP contribution is 2.41. The molecule has 2 N–H and O–H groups in total. The molecule has 0 saturated carbocycles. The Morgan fingerprint density at radius 3 is 0.912 bits per heavy atom. The Labute approximate surface area is 892 Å². The lowest BCUT2D eigenvalue weighted by Crippen LogP contribution is -2.72. The van der Waals surface area contributed by atoms with Crippen LogP contribution in [0.25, 0.3) is 90.9 Å². The summed E-state index contributed by atoms with van der Waals surface area (Å²) in [5.41, 5.74) is 20.1. The number of aryl methyl sites for hydroxylation is 2. The van der Waals surface area contributed by atoms with Gasteiger partial charge in [-0.15, -0.1) is 0 Å². The number of H-pyrrole nitrogens is 2. The highest BCUT2D eigenvalue weighted by atomic mass is 28.3. The molecule has 147 heavy (non-hydrogen) atoms. The normalized spacial score (nSPS) is 14.3. The number of fused-ring (bicyclic) bond motifs is 14. The van der Waals surface area contributed by atoms with Crippen molar-refractivity contribution in [2.45, 2.75) is 433 Å². The monoisotopic (exact) mass is 2000 g/mol. The Kier molecular flexibility index (Phi) is 47.0. The van der Waals surface area contributed by atoms with E-state index >= 15 is 0 Å². The molecular weight excluding hydrogens is 1820 g/mol. The van der Waals surface area contributed by atoms with E-state index in [0.29, 0.717) is 13.2 Å². The third-order valence-electron chi connectivity index (χ3n) is 32.9. The number of hydrogen-bond acceptors (Lipinski definition) is 5. The number of aromatic nitrogens is 4. The first-order valence-electron chi connectivity index (χ1n) is 60.7. The van der Waals surface area contributed by atoms with Gasteiger partial charge >= 0.3 is 0 Å². The van der Waals surface area contributed by atoms with Crippen molar-refractivity contribution >= 4 is 104 Å². The van der Waals surface area contributed by atoms with Gasteiger partial charge in [0.15, 0.2) is 16.1 Å². The van der Waals surface area contributed by atoms with Crippen LogP contribution in [0.15, 0.2) is 212 Å². The molecule has 2 atom stereocenters. The molecule has 9 heteroatoms. The predicted octanol–water partition coefficient (Wildman–Crippen LogP) is 36.4. The van der Waals surface area contributed by atoms with E-state index < -0.39 is 16.1 Å². The maximum atomic E-state index is 7.15. The van der Waals surface area contributed by atoms with E-state index in [1.807, 2.05) is 0 Å². The number of ether oxygens (including phenoxy) is 3. The van der Waals surface area contributed by atoms with E-state index in [9.17, 15) is 0 Å². The van der Waals surface area contributed by atoms with Gasteiger partial charge < -0.3 is 24.2 Å². The molecule has 8 bridgehead atoms. The van der Waals surface area contributed by atoms with E-state index in [2.05, 4.69) is 281 Å². The Morgan fingerprint density at radius 1 is 0.218 bits per heavy atom. The van der Waals surface area contributed by atoms with Gasteiger partial charge in [0.2, 0.25) is 0 Å².